The molecule has 0 unspecified atom stereocenters. The van der Waals surface area contributed by atoms with Crippen molar-refractivity contribution in [1.82, 2.24) is 9.78 Å². The van der Waals surface area contributed by atoms with Crippen molar-refractivity contribution in [3.8, 4) is 28.4 Å². The lowest BCUT2D eigenvalue weighted by atomic mass is 10.1. The van der Waals surface area contributed by atoms with Crippen LogP contribution in [0.15, 0.2) is 72.9 Å². The van der Waals surface area contributed by atoms with Gasteiger partial charge in [0.2, 0.25) is 0 Å². The van der Waals surface area contributed by atoms with Crippen molar-refractivity contribution in [3.63, 3.8) is 0 Å². The predicted octanol–water partition coefficient (Wildman–Crippen LogP) is 5.60. The average molecular weight is 452 g/mol. The molecule has 0 aliphatic rings. The van der Waals surface area contributed by atoms with E-state index >= 15 is 0 Å². The molecule has 4 aromatic rings. The molecule has 1 heterocycles. The largest absolute Gasteiger partial charge is 0.493 e. The summed E-state index contributed by atoms with van der Waals surface area (Å²) in [5, 5.41) is 7.67. The summed E-state index contributed by atoms with van der Waals surface area (Å²) in [7, 11) is 2.99. The Morgan fingerprint density at radius 1 is 1.00 bits per heavy atom. The van der Waals surface area contributed by atoms with Crippen LogP contribution in [0.2, 0.25) is 5.02 Å². The molecule has 4 rings (SSSR count). The first kappa shape index (κ1) is 21.4. The van der Waals surface area contributed by atoms with E-state index in [2.05, 4.69) is 10.4 Å². The van der Waals surface area contributed by atoms with Crippen molar-refractivity contribution >= 4 is 23.2 Å². The third-order valence-electron chi connectivity index (χ3n) is 4.82. The van der Waals surface area contributed by atoms with E-state index in [-0.39, 0.29) is 10.8 Å². The van der Waals surface area contributed by atoms with Crippen LogP contribution in [0, 0.1) is 5.82 Å². The number of nitrogens with one attached hydrogen (secondary N) is 1. The average Bonchev–Trinajstić information content (AvgIpc) is 3.27. The Kier molecular flexibility index (Phi) is 6.09. The molecule has 1 aromatic heterocycles. The molecule has 0 bridgehead atoms. The van der Waals surface area contributed by atoms with Crippen LogP contribution in [0.4, 0.5) is 10.1 Å². The van der Waals surface area contributed by atoms with Gasteiger partial charge in [-0.05, 0) is 36.4 Å². The summed E-state index contributed by atoms with van der Waals surface area (Å²) in [5.74, 6) is 0.0605. The van der Waals surface area contributed by atoms with E-state index in [0.29, 0.717) is 34.0 Å². The van der Waals surface area contributed by atoms with Crippen molar-refractivity contribution in [2.24, 2.45) is 0 Å². The maximum absolute atomic E-state index is 13.5. The van der Waals surface area contributed by atoms with Gasteiger partial charge in [-0.25, -0.2) is 9.07 Å². The van der Waals surface area contributed by atoms with Gasteiger partial charge in [-0.2, -0.15) is 5.10 Å². The SMILES string of the molecule is COc1cc(Cl)c(NC(=O)c2cn(-c3ccccc3)nc2-c2ccc(F)cc2)cc1OC. The first-order valence-electron chi connectivity index (χ1n) is 9.64. The minimum absolute atomic E-state index is 0.287. The standard InChI is InChI=1S/C24H19ClFN3O3/c1-31-21-12-19(25)20(13-22(21)32-2)27-24(30)18-14-29(17-6-4-3-5-7-17)28-23(18)15-8-10-16(26)11-9-15/h3-14H,1-2H3,(H,27,30). The Hall–Kier alpha value is -3.84. The molecule has 1 N–H and O–H groups in total. The summed E-state index contributed by atoms with van der Waals surface area (Å²) < 4.78 is 25.6. The van der Waals surface area contributed by atoms with E-state index in [0.717, 1.165) is 5.69 Å². The highest BCUT2D eigenvalue weighted by atomic mass is 35.5. The molecular formula is C24H19ClFN3O3. The minimum atomic E-state index is -0.430. The predicted molar refractivity (Wildman–Crippen MR) is 121 cm³/mol. The molecule has 0 aliphatic heterocycles. The van der Waals surface area contributed by atoms with Gasteiger partial charge in [0.15, 0.2) is 11.5 Å². The second-order valence-corrected chi connectivity index (χ2v) is 7.23. The van der Waals surface area contributed by atoms with Crippen molar-refractivity contribution in [3.05, 3.63) is 89.3 Å². The fourth-order valence-electron chi connectivity index (χ4n) is 3.21. The molecule has 0 radical (unpaired) electrons. The van der Waals surface area contributed by atoms with Crippen LogP contribution in [0.1, 0.15) is 10.4 Å². The number of aromatic nitrogens is 2. The van der Waals surface area contributed by atoms with Crippen LogP contribution in [0.25, 0.3) is 16.9 Å². The first-order chi connectivity index (χ1) is 15.5. The van der Waals surface area contributed by atoms with E-state index in [1.165, 1.54) is 26.4 Å². The fourth-order valence-corrected chi connectivity index (χ4v) is 3.41. The summed E-state index contributed by atoms with van der Waals surface area (Å²) in [5.41, 5.74) is 2.43. The number of hydrogen-bond acceptors (Lipinski definition) is 4. The first-order valence-corrected chi connectivity index (χ1v) is 10.0. The number of hydrogen-bond donors (Lipinski definition) is 1. The fraction of sp³-hybridized carbons (Fsp3) is 0.0833. The lowest BCUT2D eigenvalue weighted by molar-refractivity contribution is 0.102. The highest BCUT2D eigenvalue weighted by molar-refractivity contribution is 6.34. The summed E-state index contributed by atoms with van der Waals surface area (Å²) in [4.78, 5) is 13.3. The second-order valence-electron chi connectivity index (χ2n) is 6.82. The molecule has 162 valence electrons. The number of amides is 1. The number of anilines is 1. The van der Waals surface area contributed by atoms with E-state index in [1.54, 1.807) is 35.1 Å². The van der Waals surface area contributed by atoms with Gasteiger partial charge in [-0.1, -0.05) is 29.8 Å². The maximum atomic E-state index is 13.5. The number of carbonyl (C=O) groups is 1. The smallest absolute Gasteiger partial charge is 0.259 e. The van der Waals surface area contributed by atoms with Gasteiger partial charge in [0.1, 0.15) is 11.5 Å². The second kappa shape index (κ2) is 9.11. The lowest BCUT2D eigenvalue weighted by Gasteiger charge is -2.12. The lowest BCUT2D eigenvalue weighted by Crippen LogP contribution is -2.13. The third-order valence-corrected chi connectivity index (χ3v) is 5.13. The Morgan fingerprint density at radius 3 is 2.31 bits per heavy atom. The molecule has 8 heteroatoms. The van der Waals surface area contributed by atoms with Crippen LogP contribution in [0.5, 0.6) is 11.5 Å². The zero-order chi connectivity index (χ0) is 22.7. The number of para-hydroxylation sites is 1. The normalized spacial score (nSPS) is 10.6. The van der Waals surface area contributed by atoms with Gasteiger partial charge in [0.05, 0.1) is 36.2 Å². The van der Waals surface area contributed by atoms with Gasteiger partial charge < -0.3 is 14.8 Å². The molecule has 0 spiro atoms. The van der Waals surface area contributed by atoms with Crippen LogP contribution in [0.3, 0.4) is 0 Å². The maximum Gasteiger partial charge on any atom is 0.259 e. The van der Waals surface area contributed by atoms with Gasteiger partial charge in [-0.3, -0.25) is 4.79 Å². The summed E-state index contributed by atoms with van der Waals surface area (Å²) in [6.07, 6.45) is 1.62. The van der Waals surface area contributed by atoms with Crippen molar-refractivity contribution in [2.75, 3.05) is 19.5 Å². The van der Waals surface area contributed by atoms with Crippen LogP contribution in [-0.2, 0) is 0 Å². The zero-order valence-corrected chi connectivity index (χ0v) is 18.1. The molecule has 0 fully saturated rings. The number of rotatable bonds is 6. The Morgan fingerprint density at radius 2 is 1.66 bits per heavy atom. The summed E-state index contributed by atoms with van der Waals surface area (Å²) in [6.45, 7) is 0. The molecule has 32 heavy (non-hydrogen) atoms. The Balaban J connectivity index is 1.76. The van der Waals surface area contributed by atoms with Crippen LogP contribution >= 0.6 is 11.6 Å². The van der Waals surface area contributed by atoms with Crippen LogP contribution in [-0.4, -0.2) is 29.9 Å². The van der Waals surface area contributed by atoms with Gasteiger partial charge in [0, 0.05) is 23.9 Å². The number of nitrogens with zero attached hydrogens (tertiary/aromatic N) is 2. The van der Waals surface area contributed by atoms with Crippen LogP contribution < -0.4 is 14.8 Å². The van der Waals surface area contributed by atoms with Gasteiger partial charge in [-0.15, -0.1) is 0 Å². The van der Waals surface area contributed by atoms with Gasteiger partial charge in [0.25, 0.3) is 5.91 Å². The molecule has 3 aromatic carbocycles. The molecule has 6 nitrogen and oxygen atoms in total. The quantitative estimate of drug-likeness (QED) is 0.414. The minimum Gasteiger partial charge on any atom is -0.493 e. The molecule has 0 saturated heterocycles. The molecule has 0 saturated carbocycles. The molecule has 1 amide bonds. The summed E-state index contributed by atoms with van der Waals surface area (Å²) in [6, 6.07) is 18.3. The summed E-state index contributed by atoms with van der Waals surface area (Å²) >= 11 is 6.33. The monoisotopic (exact) mass is 451 g/mol. The van der Waals surface area contributed by atoms with E-state index in [1.807, 2.05) is 30.3 Å². The zero-order valence-electron chi connectivity index (χ0n) is 17.3. The van der Waals surface area contributed by atoms with Crippen molar-refractivity contribution < 1.29 is 18.7 Å². The molecular weight excluding hydrogens is 433 g/mol. The highest BCUT2D eigenvalue weighted by Gasteiger charge is 2.21. The number of methoxy groups -OCH3 is 2. The number of ether oxygens (including phenoxy) is 2. The van der Waals surface area contributed by atoms with Gasteiger partial charge >= 0.3 is 0 Å². The highest BCUT2D eigenvalue weighted by Crippen LogP contribution is 2.36. The number of halogens is 2. The topological polar surface area (TPSA) is 65.4 Å². The van der Waals surface area contributed by atoms with E-state index in [4.69, 9.17) is 21.1 Å². The van der Waals surface area contributed by atoms with Crippen molar-refractivity contribution in [1.29, 1.82) is 0 Å². The third kappa shape index (κ3) is 4.29. The molecule has 0 atom stereocenters. The number of carbonyl (C=O) groups excluding carboxylic acids is 1. The van der Waals surface area contributed by atoms with Crippen molar-refractivity contribution in [2.45, 2.75) is 0 Å². The van der Waals surface area contributed by atoms with E-state index in [9.17, 15) is 9.18 Å². The Labute approximate surface area is 189 Å². The molecule has 0 aliphatic carbocycles. The van der Waals surface area contributed by atoms with E-state index < -0.39 is 5.91 Å². The number of benzene rings is 3. The Bertz CT molecular complexity index is 1260.